The van der Waals surface area contributed by atoms with Gasteiger partial charge in [-0.3, -0.25) is 9.78 Å². The van der Waals surface area contributed by atoms with Gasteiger partial charge in [0.1, 0.15) is 5.82 Å². The molecule has 1 aliphatic carbocycles. The predicted octanol–water partition coefficient (Wildman–Crippen LogP) is 2.84. The molecule has 31 heavy (non-hydrogen) atoms. The zero-order chi connectivity index (χ0) is 21.8. The first kappa shape index (κ1) is 21.0. The van der Waals surface area contributed by atoms with Crippen LogP contribution in [0.4, 0.5) is 21.6 Å². The van der Waals surface area contributed by atoms with E-state index >= 15 is 0 Å². The number of carbonyl (C=O) groups is 1. The number of carbonyl (C=O) groups excluding carboxylic acids is 1. The number of imidazole rings is 1. The van der Waals surface area contributed by atoms with Gasteiger partial charge in [0, 0.05) is 24.8 Å². The summed E-state index contributed by atoms with van der Waals surface area (Å²) in [4.78, 5) is 23.1. The molecule has 0 saturated heterocycles. The van der Waals surface area contributed by atoms with Crippen molar-refractivity contribution in [3.8, 4) is 0 Å². The van der Waals surface area contributed by atoms with Gasteiger partial charge in [-0.25, -0.2) is 13.9 Å². The average molecular weight is 427 g/mol. The van der Waals surface area contributed by atoms with Gasteiger partial charge in [0.05, 0.1) is 23.8 Å². The molecule has 3 aromatic heterocycles. The smallest absolute Gasteiger partial charge is 0.276 e. The largest absolute Gasteiger partial charge is 0.379 e. The van der Waals surface area contributed by atoms with Gasteiger partial charge in [0.15, 0.2) is 17.2 Å². The van der Waals surface area contributed by atoms with Crippen LogP contribution in [0.1, 0.15) is 36.2 Å². The topological polar surface area (TPSA) is 99.5 Å². The van der Waals surface area contributed by atoms with Crippen LogP contribution in [0.2, 0.25) is 0 Å². The maximum atomic E-state index is 13.9. The first-order valence-corrected chi connectivity index (χ1v) is 10.5. The lowest BCUT2D eigenvalue weighted by atomic mass is 10.3. The number of amides is 1. The Hall–Kier alpha value is -3.27. The standard InChI is InChI=1S/C21H27FN8O/c1-29(2)10-4-3-8-24-19-11-17(26-14-5-6-14)20-25-13-18(30(20)28-19)21(31)27-16-7-9-23-12-15(16)22/h7,9,11-14,26H,3-6,8,10H2,1-2H3,(H,24,28)(H,23,27,31). The molecule has 0 unspecified atom stereocenters. The zero-order valence-corrected chi connectivity index (χ0v) is 17.7. The molecule has 9 nitrogen and oxygen atoms in total. The highest BCUT2D eigenvalue weighted by Crippen LogP contribution is 2.28. The first-order chi connectivity index (χ1) is 15.0. The van der Waals surface area contributed by atoms with Crippen LogP contribution >= 0.6 is 0 Å². The highest BCUT2D eigenvalue weighted by Gasteiger charge is 2.24. The number of anilines is 3. The van der Waals surface area contributed by atoms with Gasteiger partial charge < -0.3 is 20.9 Å². The molecule has 1 aliphatic rings. The summed E-state index contributed by atoms with van der Waals surface area (Å²) >= 11 is 0. The van der Waals surface area contributed by atoms with Gasteiger partial charge in [0.2, 0.25) is 0 Å². The first-order valence-electron chi connectivity index (χ1n) is 10.5. The summed E-state index contributed by atoms with van der Waals surface area (Å²) in [7, 11) is 4.12. The molecule has 3 N–H and O–H groups in total. The Morgan fingerprint density at radius 1 is 1.26 bits per heavy atom. The van der Waals surface area contributed by atoms with E-state index in [0.717, 1.165) is 50.7 Å². The summed E-state index contributed by atoms with van der Waals surface area (Å²) in [5.41, 5.74) is 1.66. The summed E-state index contributed by atoms with van der Waals surface area (Å²) in [6.07, 6.45) is 8.22. The minimum Gasteiger partial charge on any atom is -0.379 e. The number of nitrogens with zero attached hydrogens (tertiary/aromatic N) is 5. The van der Waals surface area contributed by atoms with Crippen molar-refractivity contribution in [3.63, 3.8) is 0 Å². The fourth-order valence-electron chi connectivity index (χ4n) is 3.20. The van der Waals surface area contributed by atoms with Gasteiger partial charge in [0.25, 0.3) is 5.91 Å². The van der Waals surface area contributed by atoms with Crippen molar-refractivity contribution in [2.75, 3.05) is 43.1 Å². The number of pyridine rings is 1. The van der Waals surface area contributed by atoms with Crippen molar-refractivity contribution in [2.24, 2.45) is 0 Å². The molecule has 4 rings (SSSR count). The molecule has 0 radical (unpaired) electrons. The number of unbranched alkanes of at least 4 members (excludes halogenated alkanes) is 1. The maximum absolute atomic E-state index is 13.9. The summed E-state index contributed by atoms with van der Waals surface area (Å²) in [6, 6.07) is 3.75. The molecule has 0 aliphatic heterocycles. The Kier molecular flexibility index (Phi) is 6.26. The molecular formula is C21H27FN8O. The van der Waals surface area contributed by atoms with E-state index in [0.29, 0.717) is 17.5 Å². The highest BCUT2D eigenvalue weighted by molar-refractivity contribution is 6.03. The normalized spacial score (nSPS) is 13.5. The molecular weight excluding hydrogens is 399 g/mol. The van der Waals surface area contributed by atoms with E-state index < -0.39 is 11.7 Å². The molecule has 164 valence electrons. The van der Waals surface area contributed by atoms with Crippen LogP contribution in [0.5, 0.6) is 0 Å². The van der Waals surface area contributed by atoms with E-state index in [-0.39, 0.29) is 11.4 Å². The number of hydrogen-bond donors (Lipinski definition) is 3. The number of fused-ring (bicyclic) bond motifs is 1. The monoisotopic (exact) mass is 426 g/mol. The van der Waals surface area contributed by atoms with Crippen LogP contribution in [0.25, 0.3) is 5.65 Å². The fourth-order valence-corrected chi connectivity index (χ4v) is 3.20. The average Bonchev–Trinajstić information content (AvgIpc) is 3.44. The van der Waals surface area contributed by atoms with E-state index in [1.807, 2.05) is 6.07 Å². The Balaban J connectivity index is 1.56. The molecule has 1 saturated carbocycles. The number of hydrogen-bond acceptors (Lipinski definition) is 7. The minimum absolute atomic E-state index is 0.0569. The van der Waals surface area contributed by atoms with Crippen LogP contribution in [0.3, 0.4) is 0 Å². The molecule has 1 amide bonds. The van der Waals surface area contributed by atoms with Crippen LogP contribution < -0.4 is 16.0 Å². The van der Waals surface area contributed by atoms with E-state index in [2.05, 4.69) is 50.0 Å². The molecule has 1 fully saturated rings. The third kappa shape index (κ3) is 5.26. The summed E-state index contributed by atoms with van der Waals surface area (Å²) < 4.78 is 15.4. The molecule has 3 heterocycles. The van der Waals surface area contributed by atoms with Crippen molar-refractivity contribution in [3.05, 3.63) is 42.2 Å². The lowest BCUT2D eigenvalue weighted by Crippen LogP contribution is -2.18. The molecule has 0 atom stereocenters. The number of rotatable bonds is 10. The van der Waals surface area contributed by atoms with E-state index in [1.54, 1.807) is 0 Å². The molecule has 3 aromatic rings. The van der Waals surface area contributed by atoms with Gasteiger partial charge in [-0.2, -0.15) is 0 Å². The molecule has 0 bridgehead atoms. The zero-order valence-electron chi connectivity index (χ0n) is 17.7. The van der Waals surface area contributed by atoms with Gasteiger partial charge in [-0.05, 0) is 52.4 Å². The molecule has 10 heteroatoms. The van der Waals surface area contributed by atoms with Crippen molar-refractivity contribution < 1.29 is 9.18 Å². The van der Waals surface area contributed by atoms with Crippen LogP contribution in [-0.2, 0) is 0 Å². The molecule has 0 aromatic carbocycles. The van der Waals surface area contributed by atoms with Crippen LogP contribution in [-0.4, -0.2) is 63.6 Å². The second kappa shape index (κ2) is 9.25. The van der Waals surface area contributed by atoms with Crippen molar-refractivity contribution in [1.82, 2.24) is 24.5 Å². The second-order valence-electron chi connectivity index (χ2n) is 7.99. The maximum Gasteiger partial charge on any atom is 0.276 e. The second-order valence-corrected chi connectivity index (χ2v) is 7.99. The predicted molar refractivity (Wildman–Crippen MR) is 118 cm³/mol. The fraction of sp³-hybridized carbons (Fsp3) is 0.429. The van der Waals surface area contributed by atoms with Crippen LogP contribution in [0, 0.1) is 5.82 Å². The Labute approximate surface area is 180 Å². The lowest BCUT2D eigenvalue weighted by molar-refractivity contribution is 0.102. The summed E-state index contributed by atoms with van der Waals surface area (Å²) in [5, 5.41) is 13.9. The van der Waals surface area contributed by atoms with Gasteiger partial charge in [-0.15, -0.1) is 5.10 Å². The quantitative estimate of drug-likeness (QED) is 0.429. The van der Waals surface area contributed by atoms with Crippen molar-refractivity contribution in [1.29, 1.82) is 0 Å². The third-order valence-electron chi connectivity index (χ3n) is 5.00. The SMILES string of the molecule is CN(C)CCCCNc1cc(NC2CC2)c2ncc(C(=O)Nc3ccncc3F)n2n1. The minimum atomic E-state index is -0.603. The van der Waals surface area contributed by atoms with Gasteiger partial charge >= 0.3 is 0 Å². The Bertz CT molecular complexity index is 1060. The summed E-state index contributed by atoms with van der Waals surface area (Å²) in [5.74, 6) is -0.443. The highest BCUT2D eigenvalue weighted by atomic mass is 19.1. The molecule has 0 spiro atoms. The number of nitrogens with one attached hydrogen (secondary N) is 3. The van der Waals surface area contributed by atoms with E-state index in [1.165, 1.54) is 23.0 Å². The van der Waals surface area contributed by atoms with Crippen molar-refractivity contribution >= 4 is 28.7 Å². The number of aromatic nitrogens is 4. The van der Waals surface area contributed by atoms with Crippen LogP contribution in [0.15, 0.2) is 30.7 Å². The van der Waals surface area contributed by atoms with E-state index in [4.69, 9.17) is 0 Å². The summed E-state index contributed by atoms with van der Waals surface area (Å²) in [6.45, 7) is 1.80. The third-order valence-corrected chi connectivity index (χ3v) is 5.00. The Morgan fingerprint density at radius 3 is 2.84 bits per heavy atom. The number of halogens is 1. The lowest BCUT2D eigenvalue weighted by Gasteiger charge is -2.13. The van der Waals surface area contributed by atoms with E-state index in [9.17, 15) is 9.18 Å². The van der Waals surface area contributed by atoms with Gasteiger partial charge in [-0.1, -0.05) is 0 Å². The Morgan fingerprint density at radius 2 is 2.10 bits per heavy atom. The van der Waals surface area contributed by atoms with Crippen molar-refractivity contribution in [2.45, 2.75) is 31.7 Å².